The smallest absolute Gasteiger partial charge is 0.0290 e. The number of halogens is 2. The van der Waals surface area contributed by atoms with Crippen LogP contribution in [0.3, 0.4) is 0 Å². The SMILES string of the molecule is C=C(Cl)CSCC(=C)Cl. The first-order chi connectivity index (χ1) is 4.13. The van der Waals surface area contributed by atoms with Crippen LogP contribution in [0.15, 0.2) is 23.2 Å². The molecule has 0 spiro atoms. The van der Waals surface area contributed by atoms with E-state index in [0.717, 1.165) is 11.5 Å². The maximum atomic E-state index is 5.47. The third kappa shape index (κ3) is 8.41. The van der Waals surface area contributed by atoms with Gasteiger partial charge in [-0.2, -0.15) is 11.8 Å². The van der Waals surface area contributed by atoms with E-state index < -0.39 is 0 Å². The molecule has 0 bridgehead atoms. The zero-order valence-corrected chi connectivity index (χ0v) is 7.32. The minimum Gasteiger partial charge on any atom is -0.151 e. The zero-order chi connectivity index (χ0) is 7.28. The molecule has 0 amide bonds. The summed E-state index contributed by atoms with van der Waals surface area (Å²) in [5, 5.41) is 1.30. The van der Waals surface area contributed by atoms with Crippen molar-refractivity contribution in [3.8, 4) is 0 Å². The summed E-state index contributed by atoms with van der Waals surface area (Å²) < 4.78 is 0. The number of hydrogen-bond donors (Lipinski definition) is 0. The second-order valence-corrected chi connectivity index (χ2v) is 3.58. The van der Waals surface area contributed by atoms with Crippen LogP contribution in [-0.2, 0) is 0 Å². The van der Waals surface area contributed by atoms with Gasteiger partial charge in [-0.25, -0.2) is 0 Å². The first kappa shape index (κ1) is 9.41. The van der Waals surface area contributed by atoms with Crippen molar-refractivity contribution >= 4 is 35.0 Å². The van der Waals surface area contributed by atoms with Crippen LogP contribution in [0.2, 0.25) is 0 Å². The van der Waals surface area contributed by atoms with Crippen molar-refractivity contribution in [2.75, 3.05) is 11.5 Å². The predicted octanol–water partition coefficient (Wildman–Crippen LogP) is 3.22. The van der Waals surface area contributed by atoms with E-state index in [1.807, 2.05) is 0 Å². The van der Waals surface area contributed by atoms with Crippen LogP contribution in [0.25, 0.3) is 0 Å². The fourth-order valence-corrected chi connectivity index (χ4v) is 1.28. The Morgan fingerprint density at radius 1 is 1.11 bits per heavy atom. The highest BCUT2D eigenvalue weighted by molar-refractivity contribution is 7.99. The van der Waals surface area contributed by atoms with Crippen molar-refractivity contribution in [3.05, 3.63) is 23.2 Å². The van der Waals surface area contributed by atoms with Gasteiger partial charge >= 0.3 is 0 Å². The number of hydrogen-bond acceptors (Lipinski definition) is 1. The van der Waals surface area contributed by atoms with Gasteiger partial charge in [0.2, 0.25) is 0 Å². The van der Waals surface area contributed by atoms with Crippen LogP contribution < -0.4 is 0 Å². The highest BCUT2D eigenvalue weighted by Gasteiger charge is 1.90. The maximum Gasteiger partial charge on any atom is 0.0290 e. The highest BCUT2D eigenvalue weighted by Crippen LogP contribution is 2.13. The molecule has 0 aliphatic carbocycles. The molecule has 0 aromatic heterocycles. The minimum atomic E-state index is 0.651. The van der Waals surface area contributed by atoms with E-state index in [9.17, 15) is 0 Å². The van der Waals surface area contributed by atoms with Gasteiger partial charge in [0, 0.05) is 21.6 Å². The van der Waals surface area contributed by atoms with Gasteiger partial charge in [0.1, 0.15) is 0 Å². The average molecular weight is 183 g/mol. The first-order valence-corrected chi connectivity index (χ1v) is 4.28. The Labute approximate surface area is 69.9 Å². The van der Waals surface area contributed by atoms with E-state index in [-0.39, 0.29) is 0 Å². The summed E-state index contributed by atoms with van der Waals surface area (Å²) >= 11 is 12.6. The Bertz CT molecular complexity index is 106. The van der Waals surface area contributed by atoms with Crippen molar-refractivity contribution < 1.29 is 0 Å². The lowest BCUT2D eigenvalue weighted by atomic mass is 10.7. The van der Waals surface area contributed by atoms with E-state index in [0.29, 0.717) is 10.1 Å². The molecule has 0 nitrogen and oxygen atoms in total. The van der Waals surface area contributed by atoms with E-state index in [1.165, 1.54) is 0 Å². The van der Waals surface area contributed by atoms with Gasteiger partial charge in [0.25, 0.3) is 0 Å². The summed E-state index contributed by atoms with van der Waals surface area (Å²) in [6.07, 6.45) is 0. The third-order valence-corrected chi connectivity index (χ3v) is 2.21. The fraction of sp³-hybridized carbons (Fsp3) is 0.333. The first-order valence-electron chi connectivity index (χ1n) is 2.37. The van der Waals surface area contributed by atoms with Crippen molar-refractivity contribution in [2.45, 2.75) is 0 Å². The normalized spacial score (nSPS) is 9.11. The number of rotatable bonds is 4. The van der Waals surface area contributed by atoms with Gasteiger partial charge in [-0.15, -0.1) is 0 Å². The second-order valence-electron chi connectivity index (χ2n) is 1.53. The molecular weight excluding hydrogens is 175 g/mol. The van der Waals surface area contributed by atoms with Crippen LogP contribution in [0.4, 0.5) is 0 Å². The topological polar surface area (TPSA) is 0 Å². The summed E-state index contributed by atoms with van der Waals surface area (Å²) in [4.78, 5) is 0. The lowest BCUT2D eigenvalue weighted by Gasteiger charge is -1.95. The molecule has 0 aliphatic rings. The van der Waals surface area contributed by atoms with Crippen LogP contribution >= 0.6 is 35.0 Å². The molecule has 0 aromatic carbocycles. The van der Waals surface area contributed by atoms with Crippen molar-refractivity contribution in [2.24, 2.45) is 0 Å². The molecule has 0 atom stereocenters. The molecule has 52 valence electrons. The van der Waals surface area contributed by atoms with Gasteiger partial charge in [0.15, 0.2) is 0 Å². The Balaban J connectivity index is 3.10. The van der Waals surface area contributed by atoms with Gasteiger partial charge in [0.05, 0.1) is 0 Å². The number of thioether (sulfide) groups is 1. The molecule has 0 aromatic rings. The largest absolute Gasteiger partial charge is 0.151 e. The van der Waals surface area contributed by atoms with Crippen molar-refractivity contribution in [1.82, 2.24) is 0 Å². The molecule has 0 saturated carbocycles. The van der Waals surface area contributed by atoms with Gasteiger partial charge in [-0.05, 0) is 0 Å². The van der Waals surface area contributed by atoms with Crippen LogP contribution in [0.1, 0.15) is 0 Å². The molecule has 0 fully saturated rings. The Morgan fingerprint density at radius 2 is 1.44 bits per heavy atom. The summed E-state index contributed by atoms with van der Waals surface area (Å²) in [6, 6.07) is 0. The highest BCUT2D eigenvalue weighted by atomic mass is 35.5. The standard InChI is InChI=1S/C6H8Cl2S/c1-5(7)3-9-4-6(2)8/h1-4H2. The Morgan fingerprint density at radius 3 is 1.67 bits per heavy atom. The molecule has 0 saturated heterocycles. The molecule has 0 N–H and O–H groups in total. The second kappa shape index (κ2) is 5.21. The molecule has 9 heavy (non-hydrogen) atoms. The molecule has 0 unspecified atom stereocenters. The molecule has 0 heterocycles. The van der Waals surface area contributed by atoms with Gasteiger partial charge in [-0.3, -0.25) is 0 Å². The Kier molecular flexibility index (Phi) is 5.45. The molecular formula is C6H8Cl2S. The summed E-state index contributed by atoms with van der Waals surface area (Å²) in [5.74, 6) is 1.49. The lowest BCUT2D eigenvalue weighted by Crippen LogP contribution is -1.79. The molecule has 0 rings (SSSR count). The minimum absolute atomic E-state index is 0.651. The summed E-state index contributed by atoms with van der Waals surface area (Å²) in [6.45, 7) is 7.05. The van der Waals surface area contributed by atoms with Crippen LogP contribution in [-0.4, -0.2) is 11.5 Å². The van der Waals surface area contributed by atoms with Crippen molar-refractivity contribution in [3.63, 3.8) is 0 Å². The van der Waals surface area contributed by atoms with Gasteiger partial charge in [-0.1, -0.05) is 36.4 Å². The molecule has 0 radical (unpaired) electrons. The Hall–Kier alpha value is 0.410. The van der Waals surface area contributed by atoms with E-state index in [2.05, 4.69) is 13.2 Å². The molecule has 0 aliphatic heterocycles. The van der Waals surface area contributed by atoms with Crippen LogP contribution in [0, 0.1) is 0 Å². The van der Waals surface area contributed by atoms with E-state index >= 15 is 0 Å². The van der Waals surface area contributed by atoms with Gasteiger partial charge < -0.3 is 0 Å². The zero-order valence-electron chi connectivity index (χ0n) is 4.99. The summed E-state index contributed by atoms with van der Waals surface area (Å²) in [7, 11) is 0. The van der Waals surface area contributed by atoms with Crippen LogP contribution in [0.5, 0.6) is 0 Å². The van der Waals surface area contributed by atoms with Crippen molar-refractivity contribution in [1.29, 1.82) is 0 Å². The molecule has 3 heteroatoms. The third-order valence-electron chi connectivity index (χ3n) is 0.517. The maximum absolute atomic E-state index is 5.47. The quantitative estimate of drug-likeness (QED) is 0.644. The average Bonchev–Trinajstić information content (AvgIpc) is 1.63. The summed E-state index contributed by atoms with van der Waals surface area (Å²) in [5.41, 5.74) is 0. The van der Waals surface area contributed by atoms with E-state index in [1.54, 1.807) is 11.8 Å². The predicted molar refractivity (Wildman–Crippen MR) is 47.3 cm³/mol. The lowest BCUT2D eigenvalue weighted by molar-refractivity contribution is 1.67. The fourth-order valence-electron chi connectivity index (χ4n) is 0.273. The van der Waals surface area contributed by atoms with E-state index in [4.69, 9.17) is 23.2 Å². The monoisotopic (exact) mass is 182 g/mol.